The van der Waals surface area contributed by atoms with Crippen molar-refractivity contribution in [1.29, 1.82) is 0 Å². The molecule has 2 aliphatic heterocycles. The largest absolute Gasteiger partial charge is 0.607 e. The van der Waals surface area contributed by atoms with Gasteiger partial charge in [-0.25, -0.2) is 0 Å². The van der Waals surface area contributed by atoms with Gasteiger partial charge in [0, 0.05) is 7.05 Å². The highest BCUT2D eigenvalue weighted by Gasteiger charge is 2.63. The molecule has 0 amide bonds. The predicted molar refractivity (Wildman–Crippen MR) is 146 cm³/mol. The molecule has 2 saturated heterocycles. The maximum atomic E-state index is 11.5. The zero-order valence-corrected chi connectivity index (χ0v) is 22.5. The summed E-state index contributed by atoms with van der Waals surface area (Å²) in [6, 6.07) is 19.1. The highest BCUT2D eigenvalue weighted by molar-refractivity contribution is 6.71. The van der Waals surface area contributed by atoms with Crippen LogP contribution in [0.5, 0.6) is 0 Å². The van der Waals surface area contributed by atoms with E-state index < -0.39 is 19.8 Å². The lowest BCUT2D eigenvalue weighted by molar-refractivity contribution is -0.791. The minimum Gasteiger partial charge on any atom is -0.596 e. The number of hydrogen-bond acceptors (Lipinski definition) is 10. The highest BCUT2D eigenvalue weighted by atomic mass is 16.7. The second-order valence-electron chi connectivity index (χ2n) is 9.17. The second kappa shape index (κ2) is 16.6. The van der Waals surface area contributed by atoms with Gasteiger partial charge in [-0.05, 0) is 25.2 Å². The van der Waals surface area contributed by atoms with Gasteiger partial charge in [0.05, 0.1) is 6.54 Å². The molecule has 2 aromatic rings. The van der Waals surface area contributed by atoms with Crippen LogP contribution in [0.2, 0.25) is 0 Å². The number of carboxylic acids is 1. The van der Waals surface area contributed by atoms with Crippen molar-refractivity contribution < 1.29 is 52.8 Å². The Bertz CT molecular complexity index is 1180. The van der Waals surface area contributed by atoms with Crippen LogP contribution in [0.25, 0.3) is 12.2 Å². The van der Waals surface area contributed by atoms with Crippen LogP contribution in [-0.4, -0.2) is 103 Å². The standard InChI is InChI=1S/C13H14BNO4.C8H9BO2.C4H9NO2.CO2/c1-15-9-12(16)18-14(15,19-13(17)10-15)8-7-11-5-3-2-4-6-11;10-9(11)7-6-8-4-2-1-3-5-8;1-5(2)3-4(6)7;2-1-3/h2-8H,9-10H2,1H3;1-7,10-11H;3H2,1-2H3,(H,6,7);/b8-7+;7-6+;;. The average Bonchev–Trinajstić information content (AvgIpc) is 3.25. The first-order valence-corrected chi connectivity index (χ1v) is 12.0. The minimum atomic E-state index is -2.05. The molecule has 14 heteroatoms. The molecule has 0 aromatic heterocycles. The SMILES string of the molecule is CN(C)CC(=O)O.C[N+]12CC(=O)O[B-]1(/C=C/c1ccccc1)OC(=O)C2.O=C=O.OB(O)/C=C/c1ccccc1. The Morgan fingerprint density at radius 2 is 1.38 bits per heavy atom. The van der Waals surface area contributed by atoms with Crippen LogP contribution < -0.4 is 0 Å². The van der Waals surface area contributed by atoms with E-state index in [1.807, 2.05) is 73.8 Å². The Kier molecular flexibility index (Phi) is 14.0. The maximum absolute atomic E-state index is 11.5. The van der Waals surface area contributed by atoms with Gasteiger partial charge in [0.25, 0.3) is 0 Å². The number of hydrogen-bond donors (Lipinski definition) is 3. The topological polar surface area (TPSA) is 168 Å². The fourth-order valence-electron chi connectivity index (χ4n) is 3.75. The molecule has 0 saturated carbocycles. The summed E-state index contributed by atoms with van der Waals surface area (Å²) in [5, 5.41) is 25.0. The number of carbonyl (C=O) groups is 3. The van der Waals surface area contributed by atoms with E-state index in [-0.39, 0.29) is 42.1 Å². The number of rotatable bonds is 6. The average molecular weight is 554 g/mol. The van der Waals surface area contributed by atoms with E-state index in [0.717, 1.165) is 11.1 Å². The minimum absolute atomic E-state index is 0.111. The molecule has 4 rings (SSSR count). The van der Waals surface area contributed by atoms with Crippen LogP contribution in [0.15, 0.2) is 72.6 Å². The summed E-state index contributed by atoms with van der Waals surface area (Å²) >= 11 is 0. The lowest BCUT2D eigenvalue weighted by Gasteiger charge is -2.37. The van der Waals surface area contributed by atoms with Gasteiger partial charge in [0.2, 0.25) is 0 Å². The molecule has 0 aliphatic carbocycles. The van der Waals surface area contributed by atoms with Crippen LogP contribution in [-0.2, 0) is 33.3 Å². The molecule has 0 radical (unpaired) electrons. The van der Waals surface area contributed by atoms with Gasteiger partial charge in [-0.3, -0.25) is 19.3 Å². The molecular formula is C26H32B2N2O10. The molecule has 40 heavy (non-hydrogen) atoms. The van der Waals surface area contributed by atoms with E-state index in [9.17, 15) is 14.4 Å². The second-order valence-corrected chi connectivity index (χ2v) is 9.17. The maximum Gasteiger partial charge on any atom is 0.607 e. The fraction of sp³-hybridized carbons (Fsp3) is 0.231. The van der Waals surface area contributed by atoms with Crippen LogP contribution >= 0.6 is 0 Å². The summed E-state index contributed by atoms with van der Waals surface area (Å²) in [5.74, 6) is 1.59. The Labute approximate surface area is 232 Å². The molecule has 3 N–H and O–H groups in total. The van der Waals surface area contributed by atoms with Crippen molar-refractivity contribution in [2.45, 2.75) is 0 Å². The first kappa shape index (κ1) is 33.7. The highest BCUT2D eigenvalue weighted by Crippen LogP contribution is 2.34. The summed E-state index contributed by atoms with van der Waals surface area (Å²) in [6.07, 6.45) is 3.73. The van der Waals surface area contributed by atoms with Gasteiger partial charge in [-0.15, -0.1) is 0 Å². The number of benzene rings is 2. The van der Waals surface area contributed by atoms with E-state index in [1.54, 1.807) is 31.0 Å². The van der Waals surface area contributed by atoms with Crippen molar-refractivity contribution in [3.63, 3.8) is 0 Å². The van der Waals surface area contributed by atoms with Crippen LogP contribution in [0.1, 0.15) is 11.1 Å². The van der Waals surface area contributed by atoms with E-state index in [1.165, 1.54) is 5.98 Å². The summed E-state index contributed by atoms with van der Waals surface area (Å²) < 4.78 is 10.8. The van der Waals surface area contributed by atoms with Gasteiger partial charge >= 0.3 is 37.9 Å². The molecular weight excluding hydrogens is 522 g/mol. The number of carboxylic acid groups (broad SMARTS) is 1. The fourth-order valence-corrected chi connectivity index (χ4v) is 3.75. The molecule has 0 atom stereocenters. The number of likely N-dealkylation sites (N-methyl/N-ethyl adjacent to an activating group) is 2. The van der Waals surface area contributed by atoms with Gasteiger partial charge in [-0.1, -0.05) is 84.8 Å². The lowest BCUT2D eigenvalue weighted by atomic mass is 9.68. The Hall–Kier alpha value is -4.32. The molecule has 2 fully saturated rings. The molecule has 12 nitrogen and oxygen atoms in total. The van der Waals surface area contributed by atoms with Gasteiger partial charge in [0.1, 0.15) is 13.1 Å². The molecule has 0 spiro atoms. The van der Waals surface area contributed by atoms with Crippen molar-refractivity contribution in [3.05, 3.63) is 83.7 Å². The van der Waals surface area contributed by atoms with Crippen molar-refractivity contribution in [3.8, 4) is 0 Å². The van der Waals surface area contributed by atoms with Gasteiger partial charge in [-0.2, -0.15) is 9.59 Å². The van der Waals surface area contributed by atoms with Crippen molar-refractivity contribution in [2.24, 2.45) is 0 Å². The normalized spacial score (nSPS) is 20.6. The summed E-state index contributed by atoms with van der Waals surface area (Å²) in [7, 11) is 3.88. The van der Waals surface area contributed by atoms with Gasteiger partial charge in [0.15, 0.2) is 0 Å². The first-order chi connectivity index (χ1) is 18.9. The Morgan fingerprint density at radius 3 is 1.73 bits per heavy atom. The predicted octanol–water partition coefficient (Wildman–Crippen LogP) is 0.499. The van der Waals surface area contributed by atoms with Crippen LogP contribution in [0.3, 0.4) is 0 Å². The zero-order valence-electron chi connectivity index (χ0n) is 22.5. The molecule has 0 unspecified atom stereocenters. The van der Waals surface area contributed by atoms with E-state index >= 15 is 0 Å². The Morgan fingerprint density at radius 1 is 0.950 bits per heavy atom. The van der Waals surface area contributed by atoms with Gasteiger partial charge < -0.3 is 28.9 Å². The third-order valence-corrected chi connectivity index (χ3v) is 5.49. The number of nitrogens with zero attached hydrogens (tertiary/aromatic N) is 2. The molecule has 2 heterocycles. The third-order valence-electron chi connectivity index (χ3n) is 5.49. The van der Waals surface area contributed by atoms with E-state index in [2.05, 4.69) is 0 Å². The van der Waals surface area contributed by atoms with Crippen LogP contribution in [0.4, 0.5) is 0 Å². The number of quaternary nitrogens is 1. The quantitative estimate of drug-likeness (QED) is 0.426. The smallest absolute Gasteiger partial charge is 0.596 e. The molecule has 2 aromatic carbocycles. The first-order valence-electron chi connectivity index (χ1n) is 12.0. The lowest BCUT2D eigenvalue weighted by Crippen LogP contribution is -2.58. The van der Waals surface area contributed by atoms with E-state index in [0.29, 0.717) is 0 Å². The summed E-state index contributed by atoms with van der Waals surface area (Å²) in [4.78, 5) is 50.7. The number of aliphatic carboxylic acids is 1. The van der Waals surface area contributed by atoms with Crippen molar-refractivity contribution in [1.82, 2.24) is 4.90 Å². The third kappa shape index (κ3) is 11.6. The Balaban J connectivity index is 0.000000323. The molecule has 0 bridgehead atoms. The number of fused-ring (bicyclic) bond motifs is 1. The molecule has 2 aliphatic rings. The van der Waals surface area contributed by atoms with Crippen molar-refractivity contribution >= 4 is 50.0 Å². The molecule has 212 valence electrons. The zero-order chi connectivity index (χ0) is 30.2. The summed E-state index contributed by atoms with van der Waals surface area (Å²) in [6.45, 7) is -1.60. The van der Waals surface area contributed by atoms with Crippen molar-refractivity contribution in [2.75, 3.05) is 40.8 Å². The summed E-state index contributed by atoms with van der Waals surface area (Å²) in [5.41, 5.74) is 1.93. The van der Waals surface area contributed by atoms with Crippen LogP contribution in [0, 0.1) is 0 Å². The van der Waals surface area contributed by atoms with E-state index in [4.69, 9.17) is 34.1 Å². The number of carbonyl (C=O) groups excluding carboxylic acids is 4. The monoisotopic (exact) mass is 554 g/mol.